The second-order valence-electron chi connectivity index (χ2n) is 6.38. The van der Waals surface area contributed by atoms with Crippen molar-refractivity contribution < 1.29 is 13.7 Å². The van der Waals surface area contributed by atoms with Crippen molar-refractivity contribution in [2.24, 2.45) is 0 Å². The molecule has 1 fully saturated rings. The Hall–Kier alpha value is -2.48. The van der Waals surface area contributed by atoms with Gasteiger partial charge in [-0.05, 0) is 19.8 Å². The third-order valence-corrected chi connectivity index (χ3v) is 4.81. The lowest BCUT2D eigenvalue weighted by Crippen LogP contribution is -2.43. The van der Waals surface area contributed by atoms with Crippen LogP contribution in [-0.4, -0.2) is 27.3 Å². The molecular weight excluding hydrogens is 400 g/mol. The minimum absolute atomic E-state index is 0.0327. The van der Waals surface area contributed by atoms with Crippen LogP contribution in [0.3, 0.4) is 0 Å². The van der Waals surface area contributed by atoms with Gasteiger partial charge >= 0.3 is 0 Å². The first-order valence-electron chi connectivity index (χ1n) is 8.40. The standard InChI is InChI=1S/C18H17BrN4O3/c1-10(19)17-21-22-18(25-17)12-7-13(8-12)20-16(24)14-9-15(26-23-14)11-5-3-2-4-6-11/h2-6,9-10,12-13H,7-8H2,1H3,(H,20,24)/t10-,12?,13?/m0/s1. The van der Waals surface area contributed by atoms with Gasteiger partial charge in [0.2, 0.25) is 11.8 Å². The van der Waals surface area contributed by atoms with Gasteiger partial charge in [0.05, 0.1) is 4.83 Å². The highest BCUT2D eigenvalue weighted by Crippen LogP contribution is 2.37. The molecule has 1 aromatic carbocycles. The fourth-order valence-corrected chi connectivity index (χ4v) is 3.07. The molecule has 26 heavy (non-hydrogen) atoms. The molecule has 3 aromatic rings. The Morgan fingerprint density at radius 2 is 2.04 bits per heavy atom. The van der Waals surface area contributed by atoms with E-state index in [4.69, 9.17) is 8.94 Å². The molecular formula is C18H17BrN4O3. The van der Waals surface area contributed by atoms with E-state index in [9.17, 15) is 4.79 Å². The molecule has 8 heteroatoms. The van der Waals surface area contributed by atoms with Crippen LogP contribution in [-0.2, 0) is 0 Å². The van der Waals surface area contributed by atoms with Crippen molar-refractivity contribution in [3.05, 3.63) is 53.9 Å². The van der Waals surface area contributed by atoms with Crippen LogP contribution in [0.2, 0.25) is 0 Å². The van der Waals surface area contributed by atoms with E-state index in [2.05, 4.69) is 36.6 Å². The highest BCUT2D eigenvalue weighted by Gasteiger charge is 2.36. The predicted octanol–water partition coefficient (Wildman–Crippen LogP) is 3.86. The third kappa shape index (κ3) is 3.41. The number of alkyl halides is 1. The first-order chi connectivity index (χ1) is 12.6. The molecule has 4 rings (SSSR count). The summed E-state index contributed by atoms with van der Waals surface area (Å²) < 4.78 is 10.9. The average Bonchev–Trinajstić information content (AvgIpc) is 3.28. The van der Waals surface area contributed by atoms with E-state index in [1.807, 2.05) is 37.3 Å². The number of halogens is 1. The van der Waals surface area contributed by atoms with Crippen molar-refractivity contribution in [2.75, 3.05) is 0 Å². The highest BCUT2D eigenvalue weighted by atomic mass is 79.9. The van der Waals surface area contributed by atoms with Crippen LogP contribution in [0.25, 0.3) is 11.3 Å². The first kappa shape index (κ1) is 17.0. The fraction of sp³-hybridized carbons (Fsp3) is 0.333. The molecule has 0 saturated heterocycles. The highest BCUT2D eigenvalue weighted by molar-refractivity contribution is 9.09. The van der Waals surface area contributed by atoms with E-state index in [1.165, 1.54) is 0 Å². The summed E-state index contributed by atoms with van der Waals surface area (Å²) in [6.45, 7) is 1.93. The third-order valence-electron chi connectivity index (χ3n) is 4.42. The van der Waals surface area contributed by atoms with Crippen molar-refractivity contribution in [1.29, 1.82) is 0 Å². The molecule has 0 radical (unpaired) electrons. The summed E-state index contributed by atoms with van der Waals surface area (Å²) in [5.74, 6) is 1.72. The molecule has 2 aromatic heterocycles. The van der Waals surface area contributed by atoms with E-state index in [0.29, 0.717) is 17.5 Å². The van der Waals surface area contributed by atoms with Crippen molar-refractivity contribution in [1.82, 2.24) is 20.7 Å². The van der Waals surface area contributed by atoms with E-state index < -0.39 is 0 Å². The topological polar surface area (TPSA) is 94.1 Å². The summed E-state index contributed by atoms with van der Waals surface area (Å²) >= 11 is 3.41. The fourth-order valence-electron chi connectivity index (χ4n) is 2.89. The number of amides is 1. The number of hydrogen-bond acceptors (Lipinski definition) is 6. The maximum Gasteiger partial charge on any atom is 0.273 e. The van der Waals surface area contributed by atoms with Gasteiger partial charge in [0.1, 0.15) is 0 Å². The van der Waals surface area contributed by atoms with Gasteiger partial charge in [0, 0.05) is 23.6 Å². The second-order valence-corrected chi connectivity index (χ2v) is 7.75. The van der Waals surface area contributed by atoms with E-state index in [0.717, 1.165) is 18.4 Å². The Kier molecular flexibility index (Phi) is 4.58. The largest absolute Gasteiger partial charge is 0.424 e. The normalized spacial score (nSPS) is 20.4. The molecule has 134 valence electrons. The lowest BCUT2D eigenvalue weighted by molar-refractivity contribution is 0.0894. The maximum absolute atomic E-state index is 12.3. The number of carbonyl (C=O) groups is 1. The van der Waals surface area contributed by atoms with Gasteiger partial charge in [-0.1, -0.05) is 51.4 Å². The van der Waals surface area contributed by atoms with Crippen LogP contribution >= 0.6 is 15.9 Å². The molecule has 1 atom stereocenters. The number of carbonyl (C=O) groups excluding carboxylic acids is 1. The van der Waals surface area contributed by atoms with Gasteiger partial charge in [0.15, 0.2) is 11.5 Å². The first-order valence-corrected chi connectivity index (χ1v) is 9.32. The average molecular weight is 417 g/mol. The van der Waals surface area contributed by atoms with Gasteiger partial charge in [-0.15, -0.1) is 10.2 Å². The van der Waals surface area contributed by atoms with Crippen LogP contribution in [0.4, 0.5) is 0 Å². The lowest BCUT2D eigenvalue weighted by Gasteiger charge is -2.33. The lowest BCUT2D eigenvalue weighted by atomic mass is 9.80. The second kappa shape index (κ2) is 7.03. The Morgan fingerprint density at radius 1 is 1.27 bits per heavy atom. The summed E-state index contributed by atoms with van der Waals surface area (Å²) in [7, 11) is 0. The van der Waals surface area contributed by atoms with Gasteiger partial charge in [-0.3, -0.25) is 4.79 Å². The Balaban J connectivity index is 1.33. The van der Waals surface area contributed by atoms with Gasteiger partial charge < -0.3 is 14.3 Å². The number of rotatable bonds is 5. The Bertz CT molecular complexity index is 900. The molecule has 1 saturated carbocycles. The SMILES string of the molecule is C[C@H](Br)c1nnc(C2CC(NC(=O)c3cc(-c4ccccc4)on3)C2)o1. The van der Waals surface area contributed by atoms with Gasteiger partial charge in [-0.25, -0.2) is 0 Å². The summed E-state index contributed by atoms with van der Waals surface area (Å²) in [4.78, 5) is 12.4. The smallest absolute Gasteiger partial charge is 0.273 e. The number of aromatic nitrogens is 3. The monoisotopic (exact) mass is 416 g/mol. The van der Waals surface area contributed by atoms with Crippen molar-refractivity contribution in [3.8, 4) is 11.3 Å². The molecule has 2 heterocycles. The molecule has 0 spiro atoms. The van der Waals surface area contributed by atoms with Crippen LogP contribution in [0.5, 0.6) is 0 Å². The van der Waals surface area contributed by atoms with Crippen molar-refractivity contribution in [2.45, 2.75) is 36.6 Å². The molecule has 1 amide bonds. The summed E-state index contributed by atoms with van der Waals surface area (Å²) in [5, 5.41) is 14.9. The zero-order valence-corrected chi connectivity index (χ0v) is 15.6. The minimum atomic E-state index is -0.236. The van der Waals surface area contributed by atoms with E-state index in [1.54, 1.807) is 6.07 Å². The van der Waals surface area contributed by atoms with E-state index >= 15 is 0 Å². The molecule has 1 aliphatic rings. The molecule has 1 N–H and O–H groups in total. The number of benzene rings is 1. The summed E-state index contributed by atoms with van der Waals surface area (Å²) in [6.07, 6.45) is 1.54. The van der Waals surface area contributed by atoms with Gasteiger partial charge in [-0.2, -0.15) is 0 Å². The minimum Gasteiger partial charge on any atom is -0.424 e. The number of nitrogens with one attached hydrogen (secondary N) is 1. The molecule has 0 bridgehead atoms. The predicted molar refractivity (Wildman–Crippen MR) is 96.8 cm³/mol. The van der Waals surface area contributed by atoms with Gasteiger partial charge in [0.25, 0.3) is 5.91 Å². The zero-order chi connectivity index (χ0) is 18.1. The van der Waals surface area contributed by atoms with Crippen LogP contribution < -0.4 is 5.32 Å². The Morgan fingerprint density at radius 3 is 2.73 bits per heavy atom. The van der Waals surface area contributed by atoms with E-state index in [-0.39, 0.29) is 28.4 Å². The molecule has 7 nitrogen and oxygen atoms in total. The number of hydrogen-bond donors (Lipinski definition) is 1. The summed E-state index contributed by atoms with van der Waals surface area (Å²) in [6, 6.07) is 11.3. The van der Waals surface area contributed by atoms with Crippen molar-refractivity contribution in [3.63, 3.8) is 0 Å². The Labute approximate surface area is 158 Å². The molecule has 0 unspecified atom stereocenters. The molecule has 1 aliphatic carbocycles. The quantitative estimate of drug-likeness (QED) is 0.634. The number of nitrogens with zero attached hydrogens (tertiary/aromatic N) is 3. The maximum atomic E-state index is 12.3. The summed E-state index contributed by atoms with van der Waals surface area (Å²) in [5.41, 5.74) is 1.16. The van der Waals surface area contributed by atoms with Crippen molar-refractivity contribution >= 4 is 21.8 Å². The zero-order valence-electron chi connectivity index (χ0n) is 14.1. The van der Waals surface area contributed by atoms with Crippen LogP contribution in [0, 0.1) is 0 Å². The molecule has 0 aliphatic heterocycles. The van der Waals surface area contributed by atoms with Crippen LogP contribution in [0.15, 0.2) is 45.3 Å². The van der Waals surface area contributed by atoms with Crippen LogP contribution in [0.1, 0.15) is 52.8 Å².